The summed E-state index contributed by atoms with van der Waals surface area (Å²) in [5, 5.41) is 1.32. The molecule has 0 radical (unpaired) electrons. The summed E-state index contributed by atoms with van der Waals surface area (Å²) in [5.74, 6) is 0.534. The van der Waals surface area contributed by atoms with E-state index in [4.69, 9.17) is 16.6 Å². The van der Waals surface area contributed by atoms with E-state index in [-0.39, 0.29) is 11.7 Å². The number of thioether (sulfide) groups is 1. The van der Waals surface area contributed by atoms with Gasteiger partial charge in [0.2, 0.25) is 5.91 Å². The summed E-state index contributed by atoms with van der Waals surface area (Å²) in [6, 6.07) is 14.0. The van der Waals surface area contributed by atoms with Gasteiger partial charge in [0.25, 0.3) is 0 Å². The number of aryl methyl sites for hydroxylation is 1. The maximum atomic E-state index is 13.2. The molecule has 0 bridgehead atoms. The largest absolute Gasteiger partial charge is 0.284 e. The fraction of sp³-hybridized carbons (Fsp3) is 0.208. The minimum atomic E-state index is -0.247. The van der Waals surface area contributed by atoms with E-state index in [1.165, 1.54) is 23.5 Å². The van der Waals surface area contributed by atoms with Gasteiger partial charge < -0.3 is 0 Å². The van der Waals surface area contributed by atoms with Gasteiger partial charge in [0.15, 0.2) is 5.13 Å². The molecule has 8 heteroatoms. The quantitative estimate of drug-likeness (QED) is 0.201. The van der Waals surface area contributed by atoms with Crippen molar-refractivity contribution in [2.45, 2.75) is 31.2 Å². The van der Waals surface area contributed by atoms with Gasteiger partial charge in [-0.15, -0.1) is 11.8 Å². The second kappa shape index (κ2) is 10.4. The Kier molecular flexibility index (Phi) is 7.40. The molecule has 2 heterocycles. The summed E-state index contributed by atoms with van der Waals surface area (Å²) in [5.41, 5.74) is 2.68. The van der Waals surface area contributed by atoms with Gasteiger partial charge in [0.05, 0.1) is 16.8 Å². The van der Waals surface area contributed by atoms with Gasteiger partial charge in [-0.25, -0.2) is 9.37 Å². The van der Waals surface area contributed by atoms with Crippen LogP contribution in [0.1, 0.15) is 24.0 Å². The van der Waals surface area contributed by atoms with Gasteiger partial charge in [-0.3, -0.25) is 14.7 Å². The highest BCUT2D eigenvalue weighted by atomic mass is 35.5. The van der Waals surface area contributed by atoms with Gasteiger partial charge in [0.1, 0.15) is 5.82 Å². The number of nitrogens with zero attached hydrogens (tertiary/aromatic N) is 3. The molecule has 0 unspecified atom stereocenters. The maximum Gasteiger partial charge on any atom is 0.229 e. The maximum absolute atomic E-state index is 13.2. The molecule has 0 aliphatic heterocycles. The fourth-order valence-corrected chi connectivity index (χ4v) is 5.27. The second-order valence-corrected chi connectivity index (χ2v) is 9.85. The van der Waals surface area contributed by atoms with E-state index in [0.717, 1.165) is 32.0 Å². The molecule has 2 aromatic heterocycles. The number of thiazole rings is 1. The SMILES string of the molecule is Cc1c(Cl)ccc2sc(N(Cc3cccnc3)C(=O)CCCSc3ccc(F)cc3)nc12. The molecule has 0 aliphatic rings. The van der Waals surface area contributed by atoms with Crippen molar-refractivity contribution in [3.63, 3.8) is 0 Å². The lowest BCUT2D eigenvalue weighted by Crippen LogP contribution is -2.30. The Hall–Kier alpha value is -2.48. The summed E-state index contributed by atoms with van der Waals surface area (Å²) >= 11 is 9.37. The van der Waals surface area contributed by atoms with Crippen LogP contribution in [0.15, 0.2) is 65.8 Å². The van der Waals surface area contributed by atoms with Crippen molar-refractivity contribution in [3.8, 4) is 0 Å². The molecule has 0 aliphatic carbocycles. The van der Waals surface area contributed by atoms with Gasteiger partial charge in [0, 0.05) is 28.7 Å². The number of amides is 1. The molecule has 0 fully saturated rings. The lowest BCUT2D eigenvalue weighted by molar-refractivity contribution is -0.118. The van der Waals surface area contributed by atoms with Crippen molar-refractivity contribution in [2.24, 2.45) is 0 Å². The molecule has 0 spiro atoms. The van der Waals surface area contributed by atoms with Gasteiger partial charge in [-0.1, -0.05) is 29.0 Å². The minimum Gasteiger partial charge on any atom is -0.284 e. The first-order valence-electron chi connectivity index (χ1n) is 10.1. The molecule has 4 aromatic rings. The zero-order valence-electron chi connectivity index (χ0n) is 17.4. The van der Waals surface area contributed by atoms with Gasteiger partial charge in [-0.2, -0.15) is 0 Å². The number of carbonyl (C=O) groups excluding carboxylic acids is 1. The number of pyridine rings is 1. The van der Waals surface area contributed by atoms with Crippen LogP contribution >= 0.6 is 34.7 Å². The van der Waals surface area contributed by atoms with Crippen LogP contribution in [0.4, 0.5) is 9.52 Å². The average molecular weight is 486 g/mol. The van der Waals surface area contributed by atoms with Crippen LogP contribution in [0.2, 0.25) is 5.02 Å². The highest BCUT2D eigenvalue weighted by Crippen LogP contribution is 2.34. The number of rotatable bonds is 8. The predicted octanol–water partition coefficient (Wildman–Crippen LogP) is 6.90. The van der Waals surface area contributed by atoms with E-state index < -0.39 is 0 Å². The zero-order chi connectivity index (χ0) is 22.5. The highest BCUT2D eigenvalue weighted by Gasteiger charge is 2.21. The minimum absolute atomic E-state index is 0.0105. The van der Waals surface area contributed by atoms with E-state index in [1.807, 2.05) is 31.2 Å². The first-order chi connectivity index (χ1) is 15.5. The number of benzene rings is 2. The summed E-state index contributed by atoms with van der Waals surface area (Å²) in [7, 11) is 0. The Labute approximate surface area is 199 Å². The monoisotopic (exact) mass is 485 g/mol. The van der Waals surface area contributed by atoms with E-state index >= 15 is 0 Å². The van der Waals surface area contributed by atoms with Crippen molar-refractivity contribution in [2.75, 3.05) is 10.7 Å². The zero-order valence-corrected chi connectivity index (χ0v) is 19.8. The van der Waals surface area contributed by atoms with Crippen LogP contribution in [0.25, 0.3) is 10.2 Å². The second-order valence-electron chi connectivity index (χ2n) is 7.26. The fourth-order valence-electron chi connectivity index (χ4n) is 3.22. The number of carbonyl (C=O) groups is 1. The third-order valence-corrected chi connectivity index (χ3v) is 7.50. The number of hydrogen-bond donors (Lipinski definition) is 0. The van der Waals surface area contributed by atoms with Crippen LogP contribution < -0.4 is 4.90 Å². The Morgan fingerprint density at radius 2 is 2.00 bits per heavy atom. The van der Waals surface area contributed by atoms with E-state index in [2.05, 4.69) is 4.98 Å². The molecule has 4 rings (SSSR count). The molecule has 0 N–H and O–H groups in total. The Morgan fingerprint density at radius 3 is 2.75 bits per heavy atom. The molecule has 164 valence electrons. The summed E-state index contributed by atoms with van der Waals surface area (Å²) < 4.78 is 14.1. The topological polar surface area (TPSA) is 46.1 Å². The smallest absolute Gasteiger partial charge is 0.229 e. The van der Waals surface area contributed by atoms with Crippen LogP contribution in [0, 0.1) is 12.7 Å². The highest BCUT2D eigenvalue weighted by molar-refractivity contribution is 7.99. The van der Waals surface area contributed by atoms with Crippen molar-refractivity contribution in [3.05, 3.63) is 82.9 Å². The molecular formula is C24H21ClFN3OS2. The molecule has 32 heavy (non-hydrogen) atoms. The number of hydrogen-bond acceptors (Lipinski definition) is 5. The van der Waals surface area contributed by atoms with Crippen molar-refractivity contribution >= 4 is 56.0 Å². The lowest BCUT2D eigenvalue weighted by atomic mass is 10.2. The average Bonchev–Trinajstić information content (AvgIpc) is 3.24. The van der Waals surface area contributed by atoms with Crippen molar-refractivity contribution < 1.29 is 9.18 Å². The number of fused-ring (bicyclic) bond motifs is 1. The van der Waals surface area contributed by atoms with E-state index in [0.29, 0.717) is 29.5 Å². The first-order valence-corrected chi connectivity index (χ1v) is 12.3. The Bertz CT molecular complexity index is 1220. The van der Waals surface area contributed by atoms with Crippen LogP contribution in [-0.4, -0.2) is 21.6 Å². The molecular weight excluding hydrogens is 465 g/mol. The van der Waals surface area contributed by atoms with Gasteiger partial charge >= 0.3 is 0 Å². The summed E-state index contributed by atoms with van der Waals surface area (Å²) in [4.78, 5) is 24.9. The lowest BCUT2D eigenvalue weighted by Gasteiger charge is -2.20. The molecule has 2 aromatic carbocycles. The number of aromatic nitrogens is 2. The summed E-state index contributed by atoms with van der Waals surface area (Å²) in [6.07, 6.45) is 4.58. The van der Waals surface area contributed by atoms with Gasteiger partial charge in [-0.05, 0) is 72.7 Å². The van der Waals surface area contributed by atoms with Crippen molar-refractivity contribution in [1.29, 1.82) is 0 Å². The molecule has 0 saturated heterocycles. The summed E-state index contributed by atoms with van der Waals surface area (Å²) in [6.45, 7) is 2.35. The standard InChI is InChI=1S/C24H21ClFN3OS2/c1-16-20(25)10-11-21-23(16)28-24(32-21)29(15-17-4-2-12-27-14-17)22(30)5-3-13-31-19-8-6-18(26)7-9-19/h2,4,6-12,14H,3,5,13,15H2,1H3. The van der Waals surface area contributed by atoms with E-state index in [9.17, 15) is 9.18 Å². The Morgan fingerprint density at radius 1 is 1.19 bits per heavy atom. The van der Waals surface area contributed by atoms with E-state index in [1.54, 1.807) is 41.2 Å². The molecule has 1 amide bonds. The predicted molar refractivity (Wildman–Crippen MR) is 131 cm³/mol. The third kappa shape index (κ3) is 5.46. The third-order valence-electron chi connectivity index (χ3n) is 4.95. The number of halogens is 2. The number of anilines is 1. The molecule has 0 saturated carbocycles. The van der Waals surface area contributed by atoms with Crippen molar-refractivity contribution in [1.82, 2.24) is 9.97 Å². The van der Waals surface area contributed by atoms with Crippen LogP contribution in [0.5, 0.6) is 0 Å². The molecule has 4 nitrogen and oxygen atoms in total. The van der Waals surface area contributed by atoms with Crippen LogP contribution in [0.3, 0.4) is 0 Å². The first kappa shape index (κ1) is 22.7. The normalized spacial score (nSPS) is 11.1. The van der Waals surface area contributed by atoms with Crippen LogP contribution in [-0.2, 0) is 11.3 Å². The Balaban J connectivity index is 1.49. The molecule has 0 atom stereocenters.